The highest BCUT2D eigenvalue weighted by atomic mass is 16.1. The van der Waals surface area contributed by atoms with E-state index < -0.39 is 0 Å². The van der Waals surface area contributed by atoms with Crippen molar-refractivity contribution in [3.63, 3.8) is 0 Å². The van der Waals surface area contributed by atoms with Crippen LogP contribution in [0.15, 0.2) is 12.3 Å². The van der Waals surface area contributed by atoms with E-state index in [1.54, 1.807) is 6.92 Å². The SMILES string of the molecule is CC#CC(=O)NCCc1ccn(C2CCCC2)n1. The lowest BCUT2D eigenvalue weighted by molar-refractivity contribution is -0.115. The molecule has 4 heteroatoms. The van der Waals surface area contributed by atoms with Crippen LogP contribution in [-0.2, 0) is 11.2 Å². The summed E-state index contributed by atoms with van der Waals surface area (Å²) in [5, 5.41) is 7.31. The minimum atomic E-state index is -0.215. The molecule has 0 aliphatic heterocycles. The molecule has 0 bridgehead atoms. The number of carbonyl (C=O) groups excluding carboxylic acids is 1. The number of carbonyl (C=O) groups is 1. The lowest BCUT2D eigenvalue weighted by atomic mass is 10.3. The molecule has 0 radical (unpaired) electrons. The summed E-state index contributed by atoms with van der Waals surface area (Å²) in [5.41, 5.74) is 1.03. The maximum atomic E-state index is 11.1. The van der Waals surface area contributed by atoms with Gasteiger partial charge < -0.3 is 5.32 Å². The van der Waals surface area contributed by atoms with Crippen LogP contribution in [0.1, 0.15) is 44.3 Å². The first kappa shape index (κ1) is 12.7. The number of hydrogen-bond acceptors (Lipinski definition) is 2. The van der Waals surface area contributed by atoms with Crippen LogP contribution in [0.5, 0.6) is 0 Å². The highest BCUT2D eigenvalue weighted by molar-refractivity contribution is 5.93. The Morgan fingerprint density at radius 1 is 1.56 bits per heavy atom. The molecule has 1 aromatic heterocycles. The van der Waals surface area contributed by atoms with Gasteiger partial charge in [-0.3, -0.25) is 9.48 Å². The fraction of sp³-hybridized carbons (Fsp3) is 0.571. The fourth-order valence-corrected chi connectivity index (χ4v) is 2.34. The summed E-state index contributed by atoms with van der Waals surface area (Å²) in [7, 11) is 0. The van der Waals surface area contributed by atoms with E-state index in [1.165, 1.54) is 25.7 Å². The van der Waals surface area contributed by atoms with Crippen LogP contribution in [-0.4, -0.2) is 22.2 Å². The Balaban J connectivity index is 1.79. The lowest BCUT2D eigenvalue weighted by Crippen LogP contribution is -2.24. The minimum Gasteiger partial charge on any atom is -0.345 e. The van der Waals surface area contributed by atoms with Gasteiger partial charge in [0, 0.05) is 19.2 Å². The molecular formula is C14H19N3O. The zero-order chi connectivity index (χ0) is 12.8. The molecule has 0 spiro atoms. The van der Waals surface area contributed by atoms with Crippen molar-refractivity contribution >= 4 is 5.91 Å². The van der Waals surface area contributed by atoms with Crippen molar-refractivity contribution in [2.75, 3.05) is 6.54 Å². The topological polar surface area (TPSA) is 46.9 Å². The Bertz CT molecular complexity index is 461. The average Bonchev–Trinajstić information content (AvgIpc) is 2.99. The monoisotopic (exact) mass is 245 g/mol. The second kappa shape index (κ2) is 6.25. The van der Waals surface area contributed by atoms with Crippen LogP contribution >= 0.6 is 0 Å². The molecule has 2 rings (SSSR count). The number of rotatable bonds is 4. The standard InChI is InChI=1S/C14H19N3O/c1-2-5-14(18)15-10-8-12-9-11-17(16-12)13-6-3-4-7-13/h9,11,13H,3-4,6-8,10H2,1H3,(H,15,18). The van der Waals surface area contributed by atoms with Crippen molar-refractivity contribution in [2.24, 2.45) is 0 Å². The summed E-state index contributed by atoms with van der Waals surface area (Å²) >= 11 is 0. The lowest BCUT2D eigenvalue weighted by Gasteiger charge is -2.08. The second-order valence-corrected chi connectivity index (χ2v) is 4.61. The maximum Gasteiger partial charge on any atom is 0.295 e. The Kier molecular flexibility index (Phi) is 4.40. The molecule has 1 aromatic rings. The highest BCUT2D eigenvalue weighted by Gasteiger charge is 2.17. The summed E-state index contributed by atoms with van der Waals surface area (Å²) in [6, 6.07) is 2.62. The van der Waals surface area contributed by atoms with Gasteiger partial charge in [-0.2, -0.15) is 5.10 Å². The highest BCUT2D eigenvalue weighted by Crippen LogP contribution is 2.28. The molecule has 1 saturated carbocycles. The van der Waals surface area contributed by atoms with Gasteiger partial charge in [-0.1, -0.05) is 18.8 Å². The Morgan fingerprint density at radius 2 is 2.33 bits per heavy atom. The zero-order valence-corrected chi connectivity index (χ0v) is 10.8. The molecule has 1 N–H and O–H groups in total. The van der Waals surface area contributed by atoms with Crippen LogP contribution in [0.4, 0.5) is 0 Å². The van der Waals surface area contributed by atoms with Crippen molar-refractivity contribution in [1.82, 2.24) is 15.1 Å². The smallest absolute Gasteiger partial charge is 0.295 e. The van der Waals surface area contributed by atoms with E-state index in [0.717, 1.165) is 12.1 Å². The van der Waals surface area contributed by atoms with Crippen LogP contribution in [0.2, 0.25) is 0 Å². The minimum absolute atomic E-state index is 0.215. The largest absolute Gasteiger partial charge is 0.345 e. The van der Waals surface area contributed by atoms with E-state index in [9.17, 15) is 4.79 Å². The quantitative estimate of drug-likeness (QED) is 0.820. The molecule has 1 fully saturated rings. The number of aromatic nitrogens is 2. The van der Waals surface area contributed by atoms with Gasteiger partial charge in [-0.15, -0.1) is 0 Å². The van der Waals surface area contributed by atoms with Gasteiger partial charge >= 0.3 is 0 Å². The van der Waals surface area contributed by atoms with E-state index in [4.69, 9.17) is 0 Å². The van der Waals surface area contributed by atoms with E-state index in [-0.39, 0.29) is 5.91 Å². The molecule has 1 amide bonds. The number of hydrogen-bond donors (Lipinski definition) is 1. The van der Waals surface area contributed by atoms with Crippen molar-refractivity contribution in [3.8, 4) is 11.8 Å². The second-order valence-electron chi connectivity index (χ2n) is 4.61. The maximum absolute atomic E-state index is 11.1. The first-order chi connectivity index (χ1) is 8.79. The Morgan fingerprint density at radius 3 is 3.06 bits per heavy atom. The fourth-order valence-electron chi connectivity index (χ4n) is 2.34. The zero-order valence-electron chi connectivity index (χ0n) is 10.8. The molecule has 1 aliphatic carbocycles. The number of nitrogens with one attached hydrogen (secondary N) is 1. The molecule has 0 unspecified atom stereocenters. The third-order valence-electron chi connectivity index (χ3n) is 3.27. The van der Waals surface area contributed by atoms with Gasteiger partial charge in [0.25, 0.3) is 5.91 Å². The first-order valence-electron chi connectivity index (χ1n) is 6.54. The predicted molar refractivity (Wildman–Crippen MR) is 69.9 cm³/mol. The van der Waals surface area contributed by atoms with Crippen LogP contribution < -0.4 is 5.32 Å². The van der Waals surface area contributed by atoms with Gasteiger partial charge in [0.05, 0.1) is 11.7 Å². The summed E-state index contributed by atoms with van der Waals surface area (Å²) < 4.78 is 2.08. The molecule has 1 heterocycles. The molecule has 18 heavy (non-hydrogen) atoms. The van der Waals surface area contributed by atoms with Gasteiger partial charge in [-0.05, 0) is 31.8 Å². The third kappa shape index (κ3) is 3.36. The normalized spacial score (nSPS) is 15.2. The van der Waals surface area contributed by atoms with Crippen LogP contribution in [0.25, 0.3) is 0 Å². The molecule has 96 valence electrons. The summed E-state index contributed by atoms with van der Waals surface area (Å²) in [6.45, 7) is 2.25. The summed E-state index contributed by atoms with van der Waals surface area (Å²) in [6.07, 6.45) is 7.92. The molecule has 1 aliphatic rings. The molecule has 4 nitrogen and oxygen atoms in total. The average molecular weight is 245 g/mol. The van der Waals surface area contributed by atoms with Gasteiger partial charge in [0.15, 0.2) is 0 Å². The van der Waals surface area contributed by atoms with Crippen molar-refractivity contribution < 1.29 is 4.79 Å². The third-order valence-corrected chi connectivity index (χ3v) is 3.27. The van der Waals surface area contributed by atoms with E-state index in [1.807, 2.05) is 6.07 Å². The molecule has 0 saturated heterocycles. The van der Waals surface area contributed by atoms with Crippen molar-refractivity contribution in [3.05, 3.63) is 18.0 Å². The predicted octanol–water partition coefficient (Wildman–Crippen LogP) is 1.68. The summed E-state index contributed by atoms with van der Waals surface area (Å²) in [4.78, 5) is 11.1. The van der Waals surface area contributed by atoms with Crippen molar-refractivity contribution in [2.45, 2.75) is 45.1 Å². The number of nitrogens with zero attached hydrogens (tertiary/aromatic N) is 2. The van der Waals surface area contributed by atoms with E-state index in [0.29, 0.717) is 12.6 Å². The molecule has 0 aromatic carbocycles. The Labute approximate surface area is 108 Å². The van der Waals surface area contributed by atoms with Crippen LogP contribution in [0, 0.1) is 11.8 Å². The van der Waals surface area contributed by atoms with Gasteiger partial charge in [0.2, 0.25) is 0 Å². The van der Waals surface area contributed by atoms with E-state index in [2.05, 4.69) is 33.1 Å². The van der Waals surface area contributed by atoms with E-state index >= 15 is 0 Å². The first-order valence-corrected chi connectivity index (χ1v) is 6.54. The Hall–Kier alpha value is -1.76. The summed E-state index contributed by atoms with van der Waals surface area (Å²) in [5.74, 6) is 4.82. The van der Waals surface area contributed by atoms with Gasteiger partial charge in [-0.25, -0.2) is 0 Å². The van der Waals surface area contributed by atoms with Gasteiger partial charge in [0.1, 0.15) is 0 Å². The van der Waals surface area contributed by atoms with Crippen molar-refractivity contribution in [1.29, 1.82) is 0 Å². The molecular weight excluding hydrogens is 226 g/mol. The molecule has 0 atom stereocenters. The van der Waals surface area contributed by atoms with Crippen LogP contribution in [0.3, 0.4) is 0 Å². The number of amides is 1.